The van der Waals surface area contributed by atoms with Crippen LogP contribution in [0, 0.1) is 0 Å². The minimum Gasteiger partial charge on any atom is -0.397 e. The first-order chi connectivity index (χ1) is 9.65. The lowest BCUT2D eigenvalue weighted by Crippen LogP contribution is -2.22. The largest absolute Gasteiger partial charge is 0.397 e. The third-order valence-corrected chi connectivity index (χ3v) is 5.18. The number of nitrogens with zero attached hydrogens (tertiary/aromatic N) is 1. The van der Waals surface area contributed by atoms with Crippen molar-refractivity contribution in [1.29, 1.82) is 0 Å². The van der Waals surface area contributed by atoms with Gasteiger partial charge in [0.15, 0.2) is 0 Å². The number of nitrogen functional groups attached to an aromatic ring is 1. The second-order valence-electron chi connectivity index (χ2n) is 4.11. The van der Waals surface area contributed by atoms with E-state index in [4.69, 9.17) is 17.3 Å². The van der Waals surface area contributed by atoms with Crippen LogP contribution in [0.5, 0.6) is 0 Å². The van der Waals surface area contributed by atoms with Crippen LogP contribution in [0.15, 0.2) is 30.6 Å². The summed E-state index contributed by atoms with van der Waals surface area (Å²) in [5, 5.41) is 3.72. The minimum absolute atomic E-state index is 0.173. The third-order valence-electron chi connectivity index (χ3n) is 2.79. The molecule has 102 valence electrons. The lowest BCUT2D eigenvalue weighted by atomic mass is 10.2. The average molecular weight is 324 g/mol. The molecule has 3 N–H and O–H groups in total. The van der Waals surface area contributed by atoms with E-state index in [9.17, 15) is 4.79 Å². The Morgan fingerprint density at radius 3 is 2.90 bits per heavy atom. The van der Waals surface area contributed by atoms with Gasteiger partial charge in [0.05, 0.1) is 21.3 Å². The molecule has 0 saturated heterocycles. The molecule has 7 heteroatoms. The Bertz CT molecular complexity index is 781. The summed E-state index contributed by atoms with van der Waals surface area (Å²) in [6.45, 7) is 0.447. The summed E-state index contributed by atoms with van der Waals surface area (Å²) in [5.74, 6) is -0.173. The number of amides is 1. The zero-order valence-corrected chi connectivity index (χ0v) is 12.6. The van der Waals surface area contributed by atoms with Crippen molar-refractivity contribution >= 4 is 56.0 Å². The molecule has 3 aromatic rings. The molecule has 0 unspecified atom stereocenters. The first-order valence-corrected chi connectivity index (χ1v) is 7.80. The van der Waals surface area contributed by atoms with E-state index >= 15 is 0 Å². The van der Waals surface area contributed by atoms with Crippen molar-refractivity contribution in [2.45, 2.75) is 6.54 Å². The number of nitrogens with one attached hydrogen (secondary N) is 1. The number of halogens is 1. The molecule has 1 amide bonds. The highest BCUT2D eigenvalue weighted by atomic mass is 35.5. The van der Waals surface area contributed by atoms with Gasteiger partial charge < -0.3 is 11.1 Å². The van der Waals surface area contributed by atoms with Gasteiger partial charge in [0.2, 0.25) is 0 Å². The monoisotopic (exact) mass is 323 g/mol. The first kappa shape index (κ1) is 13.4. The standard InChI is InChI=1S/C13H10ClN3OS2/c14-10-2-1-7(19-10)5-17-13(18)12-11(15)8-3-4-16-6-9(8)20-12/h1-4,6H,5,15H2,(H,17,18). The van der Waals surface area contributed by atoms with Crippen molar-refractivity contribution < 1.29 is 4.79 Å². The summed E-state index contributed by atoms with van der Waals surface area (Å²) in [4.78, 5) is 17.7. The maximum absolute atomic E-state index is 12.2. The first-order valence-electron chi connectivity index (χ1n) is 5.79. The maximum Gasteiger partial charge on any atom is 0.263 e. The van der Waals surface area contributed by atoms with Crippen LogP contribution in [-0.4, -0.2) is 10.9 Å². The topological polar surface area (TPSA) is 68.0 Å². The Labute approximate surface area is 128 Å². The van der Waals surface area contributed by atoms with Gasteiger partial charge in [-0.15, -0.1) is 22.7 Å². The molecule has 3 rings (SSSR count). The van der Waals surface area contributed by atoms with Gasteiger partial charge in [-0.25, -0.2) is 0 Å². The van der Waals surface area contributed by atoms with Crippen LogP contribution in [0.2, 0.25) is 4.34 Å². The summed E-state index contributed by atoms with van der Waals surface area (Å²) in [6, 6.07) is 5.52. The summed E-state index contributed by atoms with van der Waals surface area (Å²) < 4.78 is 1.62. The van der Waals surface area contributed by atoms with E-state index in [1.165, 1.54) is 22.7 Å². The van der Waals surface area contributed by atoms with Crippen LogP contribution in [0.4, 0.5) is 5.69 Å². The van der Waals surface area contributed by atoms with E-state index in [0.29, 0.717) is 21.4 Å². The van der Waals surface area contributed by atoms with E-state index in [-0.39, 0.29) is 5.91 Å². The quantitative estimate of drug-likeness (QED) is 0.775. The number of aromatic nitrogens is 1. The number of carbonyl (C=O) groups is 1. The molecule has 0 aromatic carbocycles. The molecule has 0 atom stereocenters. The van der Waals surface area contributed by atoms with Crippen molar-refractivity contribution in [3.05, 3.63) is 44.7 Å². The van der Waals surface area contributed by atoms with Crippen molar-refractivity contribution in [2.24, 2.45) is 0 Å². The van der Waals surface area contributed by atoms with Crippen LogP contribution in [0.1, 0.15) is 14.5 Å². The number of pyridine rings is 1. The van der Waals surface area contributed by atoms with Crippen molar-refractivity contribution in [2.75, 3.05) is 5.73 Å². The molecule has 0 aliphatic rings. The second-order valence-corrected chi connectivity index (χ2v) is 6.96. The number of rotatable bonds is 3. The molecule has 3 heterocycles. The molecular formula is C13H10ClN3OS2. The van der Waals surface area contributed by atoms with E-state index in [1.54, 1.807) is 12.4 Å². The van der Waals surface area contributed by atoms with Crippen molar-refractivity contribution in [3.8, 4) is 0 Å². The lowest BCUT2D eigenvalue weighted by molar-refractivity contribution is 0.0956. The minimum atomic E-state index is -0.173. The highest BCUT2D eigenvalue weighted by Gasteiger charge is 2.16. The van der Waals surface area contributed by atoms with Gasteiger partial charge in [-0.2, -0.15) is 0 Å². The zero-order valence-electron chi connectivity index (χ0n) is 10.2. The van der Waals surface area contributed by atoms with Gasteiger partial charge >= 0.3 is 0 Å². The van der Waals surface area contributed by atoms with Gasteiger partial charge in [0, 0.05) is 22.7 Å². The summed E-state index contributed by atoms with van der Waals surface area (Å²) in [7, 11) is 0. The highest BCUT2D eigenvalue weighted by molar-refractivity contribution is 7.21. The Morgan fingerprint density at radius 2 is 2.20 bits per heavy atom. The fraction of sp³-hybridized carbons (Fsp3) is 0.0769. The van der Waals surface area contributed by atoms with E-state index in [0.717, 1.165) is 15.0 Å². The molecule has 0 spiro atoms. The van der Waals surface area contributed by atoms with E-state index < -0.39 is 0 Å². The summed E-state index contributed by atoms with van der Waals surface area (Å²) >= 11 is 8.65. The number of thiophene rings is 2. The van der Waals surface area contributed by atoms with Crippen molar-refractivity contribution in [3.63, 3.8) is 0 Å². The van der Waals surface area contributed by atoms with E-state index in [2.05, 4.69) is 10.3 Å². The fourth-order valence-electron chi connectivity index (χ4n) is 1.83. The van der Waals surface area contributed by atoms with Crippen LogP contribution in [0.3, 0.4) is 0 Å². The summed E-state index contributed by atoms with van der Waals surface area (Å²) in [6.07, 6.45) is 3.38. The lowest BCUT2D eigenvalue weighted by Gasteiger charge is -2.02. The highest BCUT2D eigenvalue weighted by Crippen LogP contribution is 2.32. The Hall–Kier alpha value is -1.63. The Morgan fingerprint density at radius 1 is 1.35 bits per heavy atom. The Kier molecular flexibility index (Phi) is 3.60. The van der Waals surface area contributed by atoms with Crippen LogP contribution in [0.25, 0.3) is 10.1 Å². The zero-order chi connectivity index (χ0) is 14.1. The molecule has 0 aliphatic heterocycles. The van der Waals surface area contributed by atoms with Crippen molar-refractivity contribution in [1.82, 2.24) is 10.3 Å². The molecule has 20 heavy (non-hydrogen) atoms. The molecule has 0 radical (unpaired) electrons. The molecule has 3 aromatic heterocycles. The molecule has 0 fully saturated rings. The molecular weight excluding hydrogens is 314 g/mol. The number of hydrogen-bond donors (Lipinski definition) is 2. The smallest absolute Gasteiger partial charge is 0.263 e. The fourth-order valence-corrected chi connectivity index (χ4v) is 3.87. The van der Waals surface area contributed by atoms with E-state index in [1.807, 2.05) is 18.2 Å². The maximum atomic E-state index is 12.2. The summed E-state index contributed by atoms with van der Waals surface area (Å²) in [5.41, 5.74) is 6.52. The van der Waals surface area contributed by atoms with Gasteiger partial charge in [0.25, 0.3) is 5.91 Å². The van der Waals surface area contributed by atoms with Crippen LogP contribution >= 0.6 is 34.3 Å². The average Bonchev–Trinajstić information content (AvgIpc) is 3.01. The number of fused-ring (bicyclic) bond motifs is 1. The second kappa shape index (κ2) is 5.40. The molecule has 0 bridgehead atoms. The predicted molar refractivity (Wildman–Crippen MR) is 84.5 cm³/mol. The number of anilines is 1. The predicted octanol–water partition coefficient (Wildman–Crippen LogP) is 3.52. The van der Waals surface area contributed by atoms with Gasteiger partial charge in [-0.3, -0.25) is 9.78 Å². The third kappa shape index (κ3) is 2.49. The van der Waals surface area contributed by atoms with Crippen LogP contribution in [-0.2, 0) is 6.54 Å². The van der Waals surface area contributed by atoms with Gasteiger partial charge in [-0.05, 0) is 18.2 Å². The van der Waals surface area contributed by atoms with Gasteiger partial charge in [-0.1, -0.05) is 11.6 Å². The molecule has 0 aliphatic carbocycles. The van der Waals surface area contributed by atoms with Crippen LogP contribution < -0.4 is 11.1 Å². The molecule has 4 nitrogen and oxygen atoms in total. The SMILES string of the molecule is Nc1c(C(=O)NCc2ccc(Cl)s2)sc2cnccc12. The number of nitrogens with two attached hydrogens (primary N) is 1. The number of carbonyl (C=O) groups excluding carboxylic acids is 1. The molecule has 0 saturated carbocycles. The normalized spacial score (nSPS) is 10.8. The van der Waals surface area contributed by atoms with Gasteiger partial charge in [0.1, 0.15) is 4.88 Å². The number of hydrogen-bond acceptors (Lipinski definition) is 5. The Balaban J connectivity index is 1.80.